The van der Waals surface area contributed by atoms with Crippen LogP contribution < -0.4 is 4.78 Å². The van der Waals surface area contributed by atoms with E-state index in [-0.39, 0.29) is 18.3 Å². The summed E-state index contributed by atoms with van der Waals surface area (Å²) < 4.78 is 13.0. The van der Waals surface area contributed by atoms with Gasteiger partial charge in [0, 0.05) is 9.65 Å². The van der Waals surface area contributed by atoms with Gasteiger partial charge in [0.05, 0.1) is 16.8 Å². The van der Waals surface area contributed by atoms with Gasteiger partial charge in [0.25, 0.3) is 0 Å². The van der Waals surface area contributed by atoms with Crippen molar-refractivity contribution in [3.05, 3.63) is 17.0 Å². The van der Waals surface area contributed by atoms with Crippen LogP contribution in [0.4, 0.5) is 0 Å². The molecule has 5 heteroatoms. The van der Waals surface area contributed by atoms with E-state index < -0.39 is 5.60 Å². The van der Waals surface area contributed by atoms with E-state index in [0.29, 0.717) is 0 Å². The SMILES string of the molecule is CC(C)(O)c1ccc(B2OC(C)(C)C(C)(C)O2)s1. The van der Waals surface area contributed by atoms with E-state index in [2.05, 4.69) is 0 Å². The average Bonchev–Trinajstić information content (AvgIpc) is 2.69. The van der Waals surface area contributed by atoms with E-state index >= 15 is 0 Å². The van der Waals surface area contributed by atoms with Gasteiger partial charge in [-0.05, 0) is 47.6 Å². The van der Waals surface area contributed by atoms with Gasteiger partial charge in [0.1, 0.15) is 0 Å². The van der Waals surface area contributed by atoms with Crippen LogP contribution >= 0.6 is 11.3 Å². The normalized spacial score (nSPS) is 22.5. The Morgan fingerprint density at radius 3 is 2.00 bits per heavy atom. The average molecular weight is 268 g/mol. The first-order valence-electron chi connectivity index (χ1n) is 6.21. The highest BCUT2D eigenvalue weighted by Crippen LogP contribution is 2.37. The molecule has 0 saturated carbocycles. The molecule has 2 heterocycles. The van der Waals surface area contributed by atoms with Crippen LogP contribution in [0.1, 0.15) is 46.4 Å². The van der Waals surface area contributed by atoms with E-state index in [1.165, 1.54) is 11.3 Å². The third-order valence-electron chi connectivity index (χ3n) is 3.72. The predicted octanol–water partition coefficient (Wildman–Crippen LogP) is 2.27. The summed E-state index contributed by atoms with van der Waals surface area (Å²) in [6.45, 7) is 11.7. The van der Waals surface area contributed by atoms with E-state index in [1.54, 1.807) is 13.8 Å². The summed E-state index contributed by atoms with van der Waals surface area (Å²) in [6, 6.07) is 3.91. The molecule has 2 rings (SSSR count). The lowest BCUT2D eigenvalue weighted by Gasteiger charge is -2.32. The lowest BCUT2D eigenvalue weighted by Crippen LogP contribution is -2.41. The predicted molar refractivity (Wildman–Crippen MR) is 75.3 cm³/mol. The first-order chi connectivity index (χ1) is 8.03. The molecule has 1 aliphatic rings. The largest absolute Gasteiger partial charge is 0.505 e. The van der Waals surface area contributed by atoms with Crippen LogP contribution in [0, 0.1) is 0 Å². The Bertz CT molecular complexity index is 429. The Balaban J connectivity index is 2.23. The van der Waals surface area contributed by atoms with Crippen LogP contribution in [0.2, 0.25) is 0 Å². The minimum absolute atomic E-state index is 0.323. The maximum atomic E-state index is 9.98. The van der Waals surface area contributed by atoms with Crippen LogP contribution in [0.3, 0.4) is 0 Å². The van der Waals surface area contributed by atoms with Crippen LogP contribution in [0.5, 0.6) is 0 Å². The lowest BCUT2D eigenvalue weighted by atomic mass is 9.88. The van der Waals surface area contributed by atoms with Crippen LogP contribution in [0.25, 0.3) is 0 Å². The number of hydrogen-bond donors (Lipinski definition) is 1. The molecule has 0 amide bonds. The fraction of sp³-hybridized carbons (Fsp3) is 0.692. The van der Waals surface area contributed by atoms with Crippen molar-refractivity contribution in [3.63, 3.8) is 0 Å². The molecule has 1 aromatic heterocycles. The first kappa shape index (κ1) is 14.1. The molecule has 18 heavy (non-hydrogen) atoms. The van der Waals surface area contributed by atoms with E-state index in [0.717, 1.165) is 9.65 Å². The molecule has 1 aromatic rings. The van der Waals surface area contributed by atoms with Gasteiger partial charge in [0.2, 0.25) is 0 Å². The van der Waals surface area contributed by atoms with E-state index in [4.69, 9.17) is 9.31 Å². The molecule has 0 aromatic carbocycles. The summed E-state index contributed by atoms with van der Waals surface area (Å²) >= 11 is 1.54. The van der Waals surface area contributed by atoms with Crippen LogP contribution in [-0.4, -0.2) is 23.4 Å². The standard InChI is InChI=1S/C13H21BO3S/c1-11(2,15)9-7-8-10(18-9)14-16-12(3,4)13(5,6)17-14/h7-8,15H,1-6H3. The van der Waals surface area contributed by atoms with Gasteiger partial charge in [-0.2, -0.15) is 0 Å². The van der Waals surface area contributed by atoms with E-state index in [9.17, 15) is 5.11 Å². The quantitative estimate of drug-likeness (QED) is 0.836. The third kappa shape index (κ3) is 2.37. The molecule has 1 N–H and O–H groups in total. The van der Waals surface area contributed by atoms with Gasteiger partial charge >= 0.3 is 7.12 Å². The molecule has 0 radical (unpaired) electrons. The maximum absolute atomic E-state index is 9.98. The fourth-order valence-corrected chi connectivity index (χ4v) is 2.74. The summed E-state index contributed by atoms with van der Waals surface area (Å²) in [5, 5.41) is 9.98. The van der Waals surface area contributed by atoms with E-state index in [1.807, 2.05) is 39.8 Å². The maximum Gasteiger partial charge on any atom is 0.505 e. The molecular formula is C13H21BO3S. The smallest absolute Gasteiger partial charge is 0.399 e. The Kier molecular flexibility index (Phi) is 3.18. The monoisotopic (exact) mass is 268 g/mol. The van der Waals surface area contributed by atoms with Crippen molar-refractivity contribution in [3.8, 4) is 0 Å². The van der Waals surface area contributed by atoms with Crippen LogP contribution in [-0.2, 0) is 14.9 Å². The Labute approximate surface area is 113 Å². The lowest BCUT2D eigenvalue weighted by molar-refractivity contribution is 0.00578. The second-order valence-electron chi connectivity index (χ2n) is 6.35. The second-order valence-corrected chi connectivity index (χ2v) is 7.46. The zero-order chi connectivity index (χ0) is 13.8. The van der Waals surface area contributed by atoms with Gasteiger partial charge in [-0.1, -0.05) is 6.07 Å². The molecule has 0 bridgehead atoms. The van der Waals surface area contributed by atoms with Crippen molar-refractivity contribution in [1.29, 1.82) is 0 Å². The minimum atomic E-state index is -0.813. The molecule has 0 spiro atoms. The minimum Gasteiger partial charge on any atom is -0.399 e. The van der Waals surface area contributed by atoms with Crippen molar-refractivity contribution < 1.29 is 14.4 Å². The van der Waals surface area contributed by atoms with Crippen molar-refractivity contribution in [1.82, 2.24) is 0 Å². The third-order valence-corrected chi connectivity index (χ3v) is 5.14. The highest BCUT2D eigenvalue weighted by molar-refractivity contribution is 7.22. The number of aliphatic hydroxyl groups is 1. The molecule has 1 saturated heterocycles. The zero-order valence-corrected chi connectivity index (χ0v) is 12.7. The van der Waals surface area contributed by atoms with Gasteiger partial charge in [0.15, 0.2) is 0 Å². The first-order valence-corrected chi connectivity index (χ1v) is 7.03. The summed E-state index contributed by atoms with van der Waals surface area (Å²) in [4.78, 5) is 0.923. The summed E-state index contributed by atoms with van der Waals surface area (Å²) in [7, 11) is -0.337. The Morgan fingerprint density at radius 2 is 1.61 bits per heavy atom. The molecule has 1 aliphatic heterocycles. The summed E-state index contributed by atoms with van der Waals surface area (Å²) in [5.41, 5.74) is -1.46. The van der Waals surface area contributed by atoms with Gasteiger partial charge in [-0.3, -0.25) is 0 Å². The van der Waals surface area contributed by atoms with Gasteiger partial charge < -0.3 is 14.4 Å². The van der Waals surface area contributed by atoms with Crippen molar-refractivity contribution in [2.45, 2.75) is 58.3 Å². The molecule has 0 unspecified atom stereocenters. The highest BCUT2D eigenvalue weighted by Gasteiger charge is 2.52. The molecule has 0 atom stereocenters. The number of rotatable bonds is 2. The molecule has 100 valence electrons. The molecular weight excluding hydrogens is 247 g/mol. The summed E-state index contributed by atoms with van der Waals surface area (Å²) in [6.07, 6.45) is 0. The number of hydrogen-bond acceptors (Lipinski definition) is 4. The Morgan fingerprint density at radius 1 is 1.11 bits per heavy atom. The molecule has 0 aliphatic carbocycles. The Hall–Kier alpha value is -0.355. The summed E-state index contributed by atoms with van der Waals surface area (Å²) in [5.74, 6) is 0. The molecule has 3 nitrogen and oxygen atoms in total. The number of thiophene rings is 1. The van der Waals surface area contributed by atoms with Gasteiger partial charge in [-0.25, -0.2) is 0 Å². The van der Waals surface area contributed by atoms with Crippen molar-refractivity contribution in [2.24, 2.45) is 0 Å². The molecule has 1 fully saturated rings. The van der Waals surface area contributed by atoms with Crippen molar-refractivity contribution in [2.75, 3.05) is 0 Å². The fourth-order valence-electron chi connectivity index (χ4n) is 1.77. The topological polar surface area (TPSA) is 38.7 Å². The highest BCUT2D eigenvalue weighted by atomic mass is 32.1. The van der Waals surface area contributed by atoms with Crippen LogP contribution in [0.15, 0.2) is 12.1 Å². The zero-order valence-electron chi connectivity index (χ0n) is 11.9. The van der Waals surface area contributed by atoms with Gasteiger partial charge in [-0.15, -0.1) is 11.3 Å². The second kappa shape index (κ2) is 4.07. The van der Waals surface area contributed by atoms with Crippen molar-refractivity contribution >= 4 is 23.2 Å².